The Hall–Kier alpha value is -3.69. The maximum absolute atomic E-state index is 15.3. The van der Waals surface area contributed by atoms with Gasteiger partial charge in [0.1, 0.15) is 17.3 Å². The molecule has 0 atom stereocenters. The fourth-order valence-electron chi connectivity index (χ4n) is 2.66. The van der Waals surface area contributed by atoms with Crippen LogP contribution in [0, 0.1) is 12.7 Å². The zero-order valence-corrected chi connectivity index (χ0v) is 16.5. The highest BCUT2D eigenvalue weighted by molar-refractivity contribution is 5.89. The predicted octanol–water partition coefficient (Wildman–Crippen LogP) is 3.08. The molecule has 2 N–H and O–H groups in total. The van der Waals surface area contributed by atoms with Gasteiger partial charge in [0.2, 0.25) is 5.95 Å². The molecule has 0 aliphatic heterocycles. The van der Waals surface area contributed by atoms with Crippen molar-refractivity contribution in [2.75, 3.05) is 31.4 Å². The number of hydrogen-bond donors (Lipinski definition) is 2. The van der Waals surface area contributed by atoms with Crippen LogP contribution in [0.5, 0.6) is 5.75 Å². The summed E-state index contributed by atoms with van der Waals surface area (Å²) < 4.78 is 26.8. The number of carbonyl (C=O) groups excluding carboxylic acids is 1. The fourth-order valence-corrected chi connectivity index (χ4v) is 2.66. The molecule has 2 heterocycles. The maximum Gasteiger partial charge on any atom is 0.341 e. The Labute approximate surface area is 166 Å². The van der Waals surface area contributed by atoms with E-state index >= 15 is 4.39 Å². The molecule has 3 rings (SSSR count). The zero-order valence-electron chi connectivity index (χ0n) is 16.5. The number of esters is 1. The number of aromatic nitrogens is 4. The van der Waals surface area contributed by atoms with Crippen LogP contribution in [0.3, 0.4) is 0 Å². The van der Waals surface area contributed by atoms with Gasteiger partial charge in [-0.3, -0.25) is 0 Å². The van der Waals surface area contributed by atoms with Gasteiger partial charge in [0.15, 0.2) is 5.82 Å². The lowest BCUT2D eigenvalue weighted by atomic mass is 10.2. The topological polar surface area (TPSA) is 103 Å². The first kappa shape index (κ1) is 20.1. The van der Waals surface area contributed by atoms with Crippen molar-refractivity contribution in [1.82, 2.24) is 19.7 Å². The summed E-state index contributed by atoms with van der Waals surface area (Å²) in [5, 5.41) is 9.87. The van der Waals surface area contributed by atoms with Gasteiger partial charge in [-0.25, -0.2) is 18.9 Å². The molecule has 3 aromatic rings. The van der Waals surface area contributed by atoms with Crippen molar-refractivity contribution in [3.8, 4) is 11.4 Å². The first-order chi connectivity index (χ1) is 14.0. The Morgan fingerprint density at radius 2 is 2.10 bits per heavy atom. The first-order valence-corrected chi connectivity index (χ1v) is 8.86. The normalized spacial score (nSPS) is 10.5. The van der Waals surface area contributed by atoms with Crippen LogP contribution in [0.15, 0.2) is 30.6 Å². The summed E-state index contributed by atoms with van der Waals surface area (Å²) in [5.74, 6) is -0.107. The van der Waals surface area contributed by atoms with Crippen molar-refractivity contribution < 1.29 is 18.7 Å². The summed E-state index contributed by atoms with van der Waals surface area (Å²) in [6.45, 7) is 3.74. The number of ether oxygens (including phenoxy) is 2. The number of carbonyl (C=O) groups is 1. The van der Waals surface area contributed by atoms with Crippen LogP contribution in [-0.4, -0.2) is 46.5 Å². The Balaban J connectivity index is 2.01. The Bertz CT molecular complexity index is 1040. The van der Waals surface area contributed by atoms with Gasteiger partial charge in [0.05, 0.1) is 31.2 Å². The van der Waals surface area contributed by atoms with Crippen molar-refractivity contribution in [2.45, 2.75) is 13.8 Å². The van der Waals surface area contributed by atoms with Gasteiger partial charge < -0.3 is 20.1 Å². The van der Waals surface area contributed by atoms with Crippen LogP contribution >= 0.6 is 0 Å². The monoisotopic (exact) mass is 400 g/mol. The second kappa shape index (κ2) is 8.55. The van der Waals surface area contributed by atoms with E-state index in [9.17, 15) is 4.79 Å². The van der Waals surface area contributed by atoms with Crippen LogP contribution in [-0.2, 0) is 4.74 Å². The molecule has 152 valence electrons. The third kappa shape index (κ3) is 4.26. The molecule has 0 amide bonds. The van der Waals surface area contributed by atoms with Crippen LogP contribution in [0.2, 0.25) is 0 Å². The molecule has 9 nitrogen and oxygen atoms in total. The quantitative estimate of drug-likeness (QED) is 0.583. The molecule has 1 aromatic carbocycles. The van der Waals surface area contributed by atoms with E-state index in [1.807, 2.05) is 6.92 Å². The summed E-state index contributed by atoms with van der Waals surface area (Å²) in [6.07, 6.45) is 2.69. The number of nitrogens with zero attached hydrogens (tertiary/aromatic N) is 4. The first-order valence-electron chi connectivity index (χ1n) is 8.86. The van der Waals surface area contributed by atoms with Gasteiger partial charge in [-0.15, -0.1) is 0 Å². The van der Waals surface area contributed by atoms with Gasteiger partial charge in [-0.05, 0) is 26.0 Å². The van der Waals surface area contributed by atoms with E-state index in [2.05, 4.69) is 25.7 Å². The predicted molar refractivity (Wildman–Crippen MR) is 106 cm³/mol. The molecule has 0 spiro atoms. The minimum atomic E-state index is -0.640. The number of nitrogens with one attached hydrogen (secondary N) is 2. The molecule has 29 heavy (non-hydrogen) atoms. The number of methoxy groups -OCH3 is 1. The second-order valence-electron chi connectivity index (χ2n) is 5.97. The molecule has 0 saturated heterocycles. The van der Waals surface area contributed by atoms with Crippen molar-refractivity contribution in [2.24, 2.45) is 0 Å². The number of anilines is 3. The Kier molecular flexibility index (Phi) is 5.91. The van der Waals surface area contributed by atoms with E-state index in [-0.39, 0.29) is 35.2 Å². The van der Waals surface area contributed by atoms with Crippen LogP contribution in [0.25, 0.3) is 5.69 Å². The third-order valence-electron chi connectivity index (χ3n) is 3.98. The lowest BCUT2D eigenvalue weighted by Gasteiger charge is -2.14. The lowest BCUT2D eigenvalue weighted by molar-refractivity contribution is 0.0526. The van der Waals surface area contributed by atoms with E-state index in [0.29, 0.717) is 11.5 Å². The van der Waals surface area contributed by atoms with Gasteiger partial charge in [-0.1, -0.05) is 0 Å². The summed E-state index contributed by atoms with van der Waals surface area (Å²) in [6, 6.07) is 4.86. The third-order valence-corrected chi connectivity index (χ3v) is 3.98. The van der Waals surface area contributed by atoms with Gasteiger partial charge in [-0.2, -0.15) is 10.1 Å². The van der Waals surface area contributed by atoms with E-state index in [1.165, 1.54) is 30.3 Å². The van der Waals surface area contributed by atoms with E-state index in [1.54, 1.807) is 26.1 Å². The number of benzene rings is 1. The van der Waals surface area contributed by atoms with Gasteiger partial charge in [0, 0.05) is 25.0 Å². The molecule has 0 aliphatic rings. The average molecular weight is 400 g/mol. The summed E-state index contributed by atoms with van der Waals surface area (Å²) in [7, 11) is 3.15. The largest absolute Gasteiger partial charge is 0.494 e. The number of halogens is 1. The van der Waals surface area contributed by atoms with E-state index in [0.717, 1.165) is 0 Å². The van der Waals surface area contributed by atoms with Gasteiger partial charge in [0.25, 0.3) is 0 Å². The molecule has 0 fully saturated rings. The summed E-state index contributed by atoms with van der Waals surface area (Å²) in [4.78, 5) is 20.4. The molecule has 0 radical (unpaired) electrons. The fraction of sp³-hybridized carbons (Fsp3) is 0.263. The number of hydrogen-bond acceptors (Lipinski definition) is 8. The van der Waals surface area contributed by atoms with E-state index in [4.69, 9.17) is 9.47 Å². The zero-order chi connectivity index (χ0) is 21.0. The minimum Gasteiger partial charge on any atom is -0.494 e. The van der Waals surface area contributed by atoms with Crippen molar-refractivity contribution >= 4 is 23.4 Å². The highest BCUT2D eigenvalue weighted by Crippen LogP contribution is 2.32. The van der Waals surface area contributed by atoms with Crippen molar-refractivity contribution in [3.05, 3.63) is 47.7 Å². The molecular formula is C19H21FN6O3. The summed E-state index contributed by atoms with van der Waals surface area (Å²) >= 11 is 0. The molecule has 0 saturated carbocycles. The molecule has 0 bridgehead atoms. The average Bonchev–Trinajstić information content (AvgIpc) is 3.19. The Morgan fingerprint density at radius 1 is 1.31 bits per heavy atom. The lowest BCUT2D eigenvalue weighted by Crippen LogP contribution is -2.07. The standard InChI is InChI=1S/C19H21FN6O3/c1-5-29-18(27)12-9-22-26(10-12)17-14(28-4)7-6-13(16(17)20)24-19-23-11(2)8-15(21-3)25-19/h6-10H,5H2,1-4H3,(H2,21,23,24,25). The second-order valence-corrected chi connectivity index (χ2v) is 5.97. The molecule has 2 aromatic heterocycles. The highest BCUT2D eigenvalue weighted by atomic mass is 19.1. The SMILES string of the molecule is CCOC(=O)c1cnn(-c2c(OC)ccc(Nc3nc(C)cc(NC)n3)c2F)c1. The Morgan fingerprint density at radius 3 is 2.79 bits per heavy atom. The molecule has 0 aliphatic carbocycles. The van der Waals surface area contributed by atoms with Crippen LogP contribution < -0.4 is 15.4 Å². The van der Waals surface area contributed by atoms with E-state index < -0.39 is 11.8 Å². The molecule has 0 unspecified atom stereocenters. The summed E-state index contributed by atoms with van der Waals surface area (Å²) in [5.41, 5.74) is 1.08. The number of rotatable bonds is 7. The number of aryl methyl sites for hydroxylation is 1. The highest BCUT2D eigenvalue weighted by Gasteiger charge is 2.20. The molecular weight excluding hydrogens is 379 g/mol. The van der Waals surface area contributed by atoms with Crippen LogP contribution in [0.4, 0.5) is 21.8 Å². The van der Waals surface area contributed by atoms with Crippen molar-refractivity contribution in [3.63, 3.8) is 0 Å². The smallest absolute Gasteiger partial charge is 0.341 e. The minimum absolute atomic E-state index is 0.0366. The molecule has 10 heteroatoms. The van der Waals surface area contributed by atoms with Crippen molar-refractivity contribution in [1.29, 1.82) is 0 Å². The van der Waals surface area contributed by atoms with Gasteiger partial charge >= 0.3 is 5.97 Å². The maximum atomic E-state index is 15.3. The van der Waals surface area contributed by atoms with Crippen LogP contribution in [0.1, 0.15) is 23.0 Å².